The van der Waals surface area contributed by atoms with Crippen LogP contribution < -0.4 is 0 Å². The average molecular weight is 150 g/mol. The molecule has 0 amide bonds. The second-order valence-corrected chi connectivity index (χ2v) is 2.49. The van der Waals surface area contributed by atoms with Crippen molar-refractivity contribution in [2.75, 3.05) is 12.8 Å². The zero-order chi connectivity index (χ0) is 7.28. The van der Waals surface area contributed by atoms with E-state index < -0.39 is 26.7 Å². The number of rotatable bonds is 4. The minimum atomic E-state index is -0.989. The number of hydrogen-bond acceptors (Lipinski definition) is 3. The first-order valence-electron chi connectivity index (χ1n) is 2.26. The molecule has 52 valence electrons. The smallest absolute Gasteiger partial charge is 0.320 e. The SMILES string of the molecule is O=C(CO)CPC(=O)O. The Morgan fingerprint density at radius 3 is 2.33 bits per heavy atom. The van der Waals surface area contributed by atoms with Gasteiger partial charge in [0, 0.05) is 14.7 Å². The number of carboxylic acid groups (broad SMARTS) is 1. The molecule has 0 saturated carbocycles. The van der Waals surface area contributed by atoms with E-state index in [9.17, 15) is 9.59 Å². The van der Waals surface area contributed by atoms with Gasteiger partial charge in [-0.05, 0) is 0 Å². The van der Waals surface area contributed by atoms with Crippen LogP contribution in [-0.2, 0) is 4.79 Å². The minimum absolute atomic E-state index is 0.0498. The third kappa shape index (κ3) is 5.40. The number of hydrogen-bond donors (Lipinski definition) is 2. The number of carbonyl (C=O) groups excluding carboxylic acids is 1. The number of Topliss-reactive ketones (excluding diaryl/α,β-unsaturated/α-hetero) is 1. The van der Waals surface area contributed by atoms with E-state index in [0.717, 1.165) is 0 Å². The third-order valence-corrected chi connectivity index (χ3v) is 1.49. The van der Waals surface area contributed by atoms with Crippen LogP contribution >= 0.6 is 8.58 Å². The van der Waals surface area contributed by atoms with Gasteiger partial charge < -0.3 is 10.2 Å². The van der Waals surface area contributed by atoms with Crippen LogP contribution in [0.25, 0.3) is 0 Å². The second kappa shape index (κ2) is 4.41. The first-order chi connectivity index (χ1) is 4.16. The second-order valence-electron chi connectivity index (χ2n) is 1.36. The summed E-state index contributed by atoms with van der Waals surface area (Å²) in [7, 11) is -0.417. The van der Waals surface area contributed by atoms with Crippen LogP contribution in [0.15, 0.2) is 0 Å². The molecule has 0 heterocycles. The normalized spacial score (nSPS) is 10.3. The van der Waals surface area contributed by atoms with Gasteiger partial charge in [0.05, 0.1) is 0 Å². The fourth-order valence-electron chi connectivity index (χ4n) is 0.230. The van der Waals surface area contributed by atoms with E-state index in [2.05, 4.69) is 0 Å². The first kappa shape index (κ1) is 8.53. The molecule has 0 fully saturated rings. The van der Waals surface area contributed by atoms with E-state index in [1.54, 1.807) is 0 Å². The lowest BCUT2D eigenvalue weighted by Gasteiger charge is -1.90. The molecule has 0 bridgehead atoms. The summed E-state index contributed by atoms with van der Waals surface area (Å²) >= 11 is 0. The summed E-state index contributed by atoms with van der Waals surface area (Å²) in [6.07, 6.45) is -0.0498. The van der Waals surface area contributed by atoms with Crippen LogP contribution in [0.5, 0.6) is 0 Å². The molecule has 0 aliphatic rings. The summed E-state index contributed by atoms with van der Waals surface area (Å²) in [6, 6.07) is 0. The Hall–Kier alpha value is -0.470. The van der Waals surface area contributed by atoms with E-state index in [4.69, 9.17) is 10.2 Å². The maximum Gasteiger partial charge on any atom is 0.320 e. The summed E-state index contributed by atoms with van der Waals surface area (Å²) in [4.78, 5) is 20.0. The van der Waals surface area contributed by atoms with Gasteiger partial charge in [0.2, 0.25) is 0 Å². The number of carbonyl (C=O) groups is 2. The Balaban J connectivity index is 3.28. The lowest BCUT2D eigenvalue weighted by atomic mass is 10.5. The van der Waals surface area contributed by atoms with Crippen LogP contribution in [0.4, 0.5) is 4.79 Å². The van der Waals surface area contributed by atoms with Crippen LogP contribution in [0, 0.1) is 0 Å². The van der Waals surface area contributed by atoms with Crippen molar-refractivity contribution in [3.8, 4) is 0 Å². The molecule has 0 saturated heterocycles. The Morgan fingerprint density at radius 1 is 1.44 bits per heavy atom. The fraction of sp³-hybridized carbons (Fsp3) is 0.500. The highest BCUT2D eigenvalue weighted by Gasteiger charge is 2.01. The van der Waals surface area contributed by atoms with E-state index in [1.165, 1.54) is 0 Å². The molecule has 0 rings (SSSR count). The minimum Gasteiger partial charge on any atom is -0.478 e. The Labute approximate surface area is 53.7 Å². The molecule has 0 aromatic rings. The number of ketones is 1. The van der Waals surface area contributed by atoms with Gasteiger partial charge in [-0.25, -0.2) is 4.79 Å². The molecular formula is C4H7O4P. The van der Waals surface area contributed by atoms with Crippen LogP contribution in [0.3, 0.4) is 0 Å². The standard InChI is InChI=1S/C4H7O4P/c5-1-3(6)2-9-4(7)8/h5,9H,1-2H2,(H,7,8). The molecule has 0 aromatic carbocycles. The van der Waals surface area contributed by atoms with Gasteiger partial charge in [0.15, 0.2) is 5.78 Å². The highest BCUT2D eigenvalue weighted by molar-refractivity contribution is 7.57. The summed E-state index contributed by atoms with van der Waals surface area (Å²) < 4.78 is 0. The van der Waals surface area contributed by atoms with Gasteiger partial charge in [-0.15, -0.1) is 0 Å². The third-order valence-electron chi connectivity index (χ3n) is 0.613. The summed E-state index contributed by atoms with van der Waals surface area (Å²) in [6.45, 7) is -0.555. The molecule has 0 spiro atoms. The van der Waals surface area contributed by atoms with Crippen LogP contribution in [0.1, 0.15) is 0 Å². The maximum absolute atomic E-state index is 10.2. The predicted octanol–water partition coefficient (Wildman–Crippen LogP) is -0.0957. The highest BCUT2D eigenvalue weighted by atomic mass is 31.1. The summed E-state index contributed by atoms with van der Waals surface area (Å²) in [5, 5.41) is 16.1. The molecule has 5 heteroatoms. The van der Waals surface area contributed by atoms with Gasteiger partial charge in [0.25, 0.3) is 0 Å². The Kier molecular flexibility index (Phi) is 4.18. The molecule has 0 aromatic heterocycles. The predicted molar refractivity (Wildman–Crippen MR) is 33.3 cm³/mol. The summed E-state index contributed by atoms with van der Waals surface area (Å²) in [5.74, 6) is -0.421. The molecule has 1 unspecified atom stereocenters. The van der Waals surface area contributed by atoms with Crippen molar-refractivity contribution in [2.24, 2.45) is 0 Å². The van der Waals surface area contributed by atoms with Crippen molar-refractivity contribution in [2.45, 2.75) is 0 Å². The van der Waals surface area contributed by atoms with E-state index in [1.807, 2.05) is 0 Å². The number of aliphatic hydroxyl groups excluding tert-OH is 1. The molecular weight excluding hydrogens is 143 g/mol. The lowest BCUT2D eigenvalue weighted by Crippen LogP contribution is -2.06. The zero-order valence-corrected chi connectivity index (χ0v) is 5.63. The molecule has 4 nitrogen and oxygen atoms in total. The van der Waals surface area contributed by atoms with Gasteiger partial charge in [-0.3, -0.25) is 4.79 Å². The van der Waals surface area contributed by atoms with Gasteiger partial charge in [-0.2, -0.15) is 0 Å². The van der Waals surface area contributed by atoms with Crippen LogP contribution in [-0.4, -0.2) is 34.5 Å². The molecule has 1 atom stereocenters. The Bertz CT molecular complexity index is 122. The van der Waals surface area contributed by atoms with Crippen LogP contribution in [0.2, 0.25) is 0 Å². The van der Waals surface area contributed by atoms with E-state index >= 15 is 0 Å². The largest absolute Gasteiger partial charge is 0.478 e. The highest BCUT2D eigenvalue weighted by Crippen LogP contribution is 2.08. The molecule has 0 aliphatic carbocycles. The van der Waals surface area contributed by atoms with Crippen molar-refractivity contribution < 1.29 is 19.8 Å². The zero-order valence-electron chi connectivity index (χ0n) is 4.63. The van der Waals surface area contributed by atoms with Crippen molar-refractivity contribution in [1.82, 2.24) is 0 Å². The molecule has 9 heavy (non-hydrogen) atoms. The first-order valence-corrected chi connectivity index (χ1v) is 3.47. The topological polar surface area (TPSA) is 74.6 Å². The van der Waals surface area contributed by atoms with E-state index in [0.29, 0.717) is 0 Å². The number of aliphatic hydroxyl groups is 1. The fourth-order valence-corrected chi connectivity index (χ4v) is 0.690. The molecule has 2 N–H and O–H groups in total. The van der Waals surface area contributed by atoms with Crippen molar-refractivity contribution >= 4 is 20.1 Å². The van der Waals surface area contributed by atoms with Crippen molar-refractivity contribution in [1.29, 1.82) is 0 Å². The average Bonchev–Trinajstić information content (AvgIpc) is 1.83. The van der Waals surface area contributed by atoms with Gasteiger partial charge in [-0.1, -0.05) is 0 Å². The maximum atomic E-state index is 10.2. The molecule has 0 radical (unpaired) electrons. The monoisotopic (exact) mass is 150 g/mol. The Morgan fingerprint density at radius 2 is 2.00 bits per heavy atom. The van der Waals surface area contributed by atoms with Crippen molar-refractivity contribution in [3.63, 3.8) is 0 Å². The van der Waals surface area contributed by atoms with E-state index in [-0.39, 0.29) is 6.16 Å². The van der Waals surface area contributed by atoms with Gasteiger partial charge in [0.1, 0.15) is 6.61 Å². The van der Waals surface area contributed by atoms with Gasteiger partial charge >= 0.3 is 5.71 Å². The quantitative estimate of drug-likeness (QED) is 0.549. The van der Waals surface area contributed by atoms with Crippen molar-refractivity contribution in [3.05, 3.63) is 0 Å². The summed E-state index contributed by atoms with van der Waals surface area (Å²) in [5.41, 5.74) is -0.989. The molecule has 0 aliphatic heterocycles. The lowest BCUT2D eigenvalue weighted by molar-refractivity contribution is -0.119.